The lowest BCUT2D eigenvalue weighted by Gasteiger charge is -2.06. The molecule has 0 radical (unpaired) electrons. The summed E-state index contributed by atoms with van der Waals surface area (Å²) < 4.78 is 27.4. The predicted octanol–water partition coefficient (Wildman–Crippen LogP) is 2.28. The summed E-state index contributed by atoms with van der Waals surface area (Å²) in [6.45, 7) is 1.98. The van der Waals surface area contributed by atoms with E-state index in [0.29, 0.717) is 16.7 Å². The molecule has 8 heteroatoms. The first-order valence-electron chi connectivity index (χ1n) is 6.31. The number of sulfonamides is 1. The summed E-state index contributed by atoms with van der Waals surface area (Å²) in [5.41, 5.74) is 1.27. The van der Waals surface area contributed by atoms with Crippen molar-refractivity contribution in [3.63, 3.8) is 0 Å². The molecule has 0 aliphatic carbocycles. The second-order valence-corrected chi connectivity index (χ2v) is 7.60. The fraction of sp³-hybridized carbons (Fsp3) is 0.154. The average Bonchev–Trinajstić information content (AvgIpc) is 3.03. The molecule has 3 N–H and O–H groups in total. The number of thiophene rings is 1. The topological polar surface area (TPSA) is 94.8 Å². The zero-order chi connectivity index (χ0) is 15.0. The summed E-state index contributed by atoms with van der Waals surface area (Å²) in [5.74, 6) is 0. The smallest absolute Gasteiger partial charge is 0.306 e. The molecule has 1 aromatic carbocycles. The molecule has 2 heterocycles. The van der Waals surface area contributed by atoms with Gasteiger partial charge in [-0.3, -0.25) is 4.72 Å². The number of aromatic amines is 2. The van der Waals surface area contributed by atoms with Crippen molar-refractivity contribution in [1.29, 1.82) is 0 Å². The van der Waals surface area contributed by atoms with Crippen LogP contribution in [0.5, 0.6) is 0 Å². The lowest BCUT2D eigenvalue weighted by atomic mass is 10.3. The van der Waals surface area contributed by atoms with Gasteiger partial charge in [0.2, 0.25) is 0 Å². The number of benzene rings is 1. The molecular formula is C13H13N3O3S2. The van der Waals surface area contributed by atoms with E-state index in [0.717, 1.165) is 11.3 Å². The lowest BCUT2D eigenvalue weighted by molar-refractivity contribution is 0.603. The van der Waals surface area contributed by atoms with Gasteiger partial charge in [0.15, 0.2) is 0 Å². The van der Waals surface area contributed by atoms with Gasteiger partial charge in [0.1, 0.15) is 4.21 Å². The number of aromatic nitrogens is 2. The van der Waals surface area contributed by atoms with E-state index < -0.39 is 10.0 Å². The minimum Gasteiger partial charge on any atom is -0.306 e. The van der Waals surface area contributed by atoms with E-state index in [9.17, 15) is 13.2 Å². The number of aryl methyl sites for hydroxylation is 1. The van der Waals surface area contributed by atoms with Crippen LogP contribution in [0.2, 0.25) is 0 Å². The molecule has 0 spiro atoms. The molecule has 0 aliphatic heterocycles. The van der Waals surface area contributed by atoms with E-state index in [-0.39, 0.29) is 9.90 Å². The van der Waals surface area contributed by atoms with Crippen LogP contribution in [0.4, 0.5) is 5.69 Å². The van der Waals surface area contributed by atoms with Crippen molar-refractivity contribution in [3.8, 4) is 0 Å². The van der Waals surface area contributed by atoms with Crippen molar-refractivity contribution in [2.75, 3.05) is 4.72 Å². The standard InChI is InChI=1S/C13H13N3O3S2/c1-2-9-4-6-12(20-9)21(18,19)16-8-3-5-10-11(7-8)15-13(17)14-10/h3-7,16H,2H2,1H3,(H2,14,15,17). The Morgan fingerprint density at radius 2 is 1.90 bits per heavy atom. The zero-order valence-electron chi connectivity index (χ0n) is 11.1. The van der Waals surface area contributed by atoms with Crippen LogP contribution in [0, 0.1) is 0 Å². The largest absolute Gasteiger partial charge is 0.323 e. The van der Waals surface area contributed by atoms with E-state index in [4.69, 9.17) is 0 Å². The number of anilines is 1. The molecule has 21 heavy (non-hydrogen) atoms. The van der Waals surface area contributed by atoms with Crippen LogP contribution >= 0.6 is 11.3 Å². The third-order valence-electron chi connectivity index (χ3n) is 3.02. The number of imidazole rings is 1. The average molecular weight is 323 g/mol. The molecule has 0 fully saturated rings. The third-order valence-corrected chi connectivity index (χ3v) is 6.12. The first-order valence-corrected chi connectivity index (χ1v) is 8.61. The Morgan fingerprint density at radius 1 is 1.14 bits per heavy atom. The maximum atomic E-state index is 12.3. The Bertz CT molecular complexity index is 950. The highest BCUT2D eigenvalue weighted by Crippen LogP contribution is 2.25. The molecule has 6 nitrogen and oxygen atoms in total. The molecule has 3 aromatic rings. The normalized spacial score (nSPS) is 11.9. The van der Waals surface area contributed by atoms with Gasteiger partial charge in [0.25, 0.3) is 10.0 Å². The Hall–Kier alpha value is -2.06. The second kappa shape index (κ2) is 5.05. The summed E-state index contributed by atoms with van der Waals surface area (Å²) in [6, 6.07) is 8.25. The summed E-state index contributed by atoms with van der Waals surface area (Å²) in [4.78, 5) is 17.4. The number of hydrogen-bond donors (Lipinski definition) is 3. The van der Waals surface area contributed by atoms with Gasteiger partial charge in [-0.05, 0) is 36.8 Å². The summed E-state index contributed by atoms with van der Waals surface area (Å²) in [6.07, 6.45) is 0.802. The molecule has 0 unspecified atom stereocenters. The van der Waals surface area contributed by atoms with Crippen molar-refractivity contribution >= 4 is 38.1 Å². The van der Waals surface area contributed by atoms with Crippen molar-refractivity contribution in [3.05, 3.63) is 45.7 Å². The van der Waals surface area contributed by atoms with Crippen LogP contribution in [0.3, 0.4) is 0 Å². The Kier molecular flexibility index (Phi) is 3.34. The molecule has 0 amide bonds. The van der Waals surface area contributed by atoms with Crippen LogP contribution in [-0.4, -0.2) is 18.4 Å². The van der Waals surface area contributed by atoms with Gasteiger partial charge in [-0.15, -0.1) is 11.3 Å². The Labute approximate surface area is 124 Å². The van der Waals surface area contributed by atoms with E-state index in [1.165, 1.54) is 11.3 Å². The molecule has 3 rings (SSSR count). The van der Waals surface area contributed by atoms with Crippen LogP contribution in [-0.2, 0) is 16.4 Å². The highest BCUT2D eigenvalue weighted by molar-refractivity contribution is 7.94. The van der Waals surface area contributed by atoms with Gasteiger partial charge in [0, 0.05) is 4.88 Å². The number of H-pyrrole nitrogens is 2. The number of rotatable bonds is 4. The molecule has 2 aromatic heterocycles. The summed E-state index contributed by atoms with van der Waals surface area (Å²) in [5, 5.41) is 0. The van der Waals surface area contributed by atoms with Gasteiger partial charge in [0.05, 0.1) is 16.7 Å². The fourth-order valence-corrected chi connectivity index (χ4v) is 4.34. The van der Waals surface area contributed by atoms with Crippen LogP contribution in [0.1, 0.15) is 11.8 Å². The number of hydrogen-bond acceptors (Lipinski definition) is 4. The molecule has 0 saturated heterocycles. The fourth-order valence-electron chi connectivity index (χ4n) is 1.99. The monoisotopic (exact) mass is 323 g/mol. The molecule has 110 valence electrons. The second-order valence-electron chi connectivity index (χ2n) is 4.52. The molecule has 0 aliphatic rings. The SMILES string of the molecule is CCc1ccc(S(=O)(=O)Nc2ccc3[nH]c(=O)[nH]c3c2)s1. The third kappa shape index (κ3) is 2.72. The van der Waals surface area contributed by atoms with E-state index >= 15 is 0 Å². The highest BCUT2D eigenvalue weighted by Gasteiger charge is 2.17. The summed E-state index contributed by atoms with van der Waals surface area (Å²) in [7, 11) is -3.60. The first kappa shape index (κ1) is 13.9. The van der Waals surface area contributed by atoms with Crippen LogP contribution < -0.4 is 10.4 Å². The quantitative estimate of drug-likeness (QED) is 0.687. The van der Waals surface area contributed by atoms with Crippen molar-refractivity contribution in [1.82, 2.24) is 9.97 Å². The van der Waals surface area contributed by atoms with Crippen LogP contribution in [0.25, 0.3) is 11.0 Å². The van der Waals surface area contributed by atoms with E-state index in [1.807, 2.05) is 13.0 Å². The van der Waals surface area contributed by atoms with E-state index in [1.54, 1.807) is 24.3 Å². The number of fused-ring (bicyclic) bond motifs is 1. The van der Waals surface area contributed by atoms with Crippen molar-refractivity contribution < 1.29 is 8.42 Å². The maximum Gasteiger partial charge on any atom is 0.323 e. The van der Waals surface area contributed by atoms with E-state index in [2.05, 4.69) is 14.7 Å². The first-order chi connectivity index (χ1) is 9.98. The van der Waals surface area contributed by atoms with Crippen LogP contribution in [0.15, 0.2) is 39.3 Å². The Morgan fingerprint density at radius 3 is 2.62 bits per heavy atom. The van der Waals surface area contributed by atoms with Crippen molar-refractivity contribution in [2.45, 2.75) is 17.6 Å². The molecule has 0 saturated carbocycles. The van der Waals surface area contributed by atoms with Gasteiger partial charge >= 0.3 is 5.69 Å². The predicted molar refractivity (Wildman–Crippen MR) is 83.4 cm³/mol. The minimum atomic E-state index is -3.60. The van der Waals surface area contributed by atoms with Gasteiger partial charge in [-0.25, -0.2) is 13.2 Å². The van der Waals surface area contributed by atoms with Gasteiger partial charge in [-0.1, -0.05) is 6.92 Å². The maximum absolute atomic E-state index is 12.3. The lowest BCUT2D eigenvalue weighted by Crippen LogP contribution is -2.11. The minimum absolute atomic E-state index is 0.280. The van der Waals surface area contributed by atoms with Gasteiger partial charge < -0.3 is 9.97 Å². The highest BCUT2D eigenvalue weighted by atomic mass is 32.2. The van der Waals surface area contributed by atoms with Crippen molar-refractivity contribution in [2.24, 2.45) is 0 Å². The Balaban J connectivity index is 1.94. The molecule has 0 bridgehead atoms. The molecular weight excluding hydrogens is 310 g/mol. The summed E-state index contributed by atoms with van der Waals surface area (Å²) >= 11 is 1.25. The molecule has 0 atom stereocenters. The zero-order valence-corrected chi connectivity index (χ0v) is 12.8. The van der Waals surface area contributed by atoms with Gasteiger partial charge in [-0.2, -0.15) is 0 Å². The number of nitrogens with one attached hydrogen (secondary N) is 3.